The van der Waals surface area contributed by atoms with Crippen molar-refractivity contribution in [3.05, 3.63) is 11.6 Å². The van der Waals surface area contributed by atoms with Crippen molar-refractivity contribution in [1.82, 2.24) is 15.2 Å². The van der Waals surface area contributed by atoms with Gasteiger partial charge in [0.05, 0.1) is 0 Å². The van der Waals surface area contributed by atoms with Crippen LogP contribution in [0.15, 0.2) is 11.6 Å². The number of hydrogen-bond donors (Lipinski definition) is 2. The van der Waals surface area contributed by atoms with Crippen LogP contribution in [0.25, 0.3) is 0 Å². The Kier molecular flexibility index (Phi) is 3.79. The van der Waals surface area contributed by atoms with E-state index in [2.05, 4.69) is 17.7 Å². The van der Waals surface area contributed by atoms with E-state index in [0.717, 1.165) is 19.4 Å². The van der Waals surface area contributed by atoms with Gasteiger partial charge in [0.25, 0.3) is 0 Å². The number of carbonyl (C=O) groups excluding carboxylic acids is 1. The van der Waals surface area contributed by atoms with Crippen molar-refractivity contribution in [2.45, 2.75) is 19.8 Å². The molecule has 4 nitrogen and oxygen atoms in total. The van der Waals surface area contributed by atoms with Gasteiger partial charge in [0.2, 0.25) is 0 Å². The molecular weight excluding hydrogens is 174 g/mol. The molecule has 12 heavy (non-hydrogen) atoms. The van der Waals surface area contributed by atoms with Crippen molar-refractivity contribution in [2.75, 3.05) is 6.54 Å². The van der Waals surface area contributed by atoms with E-state index < -0.39 is 0 Å². The van der Waals surface area contributed by atoms with Gasteiger partial charge in [0.1, 0.15) is 0 Å². The molecule has 0 unspecified atom stereocenters. The number of nitrogens with zero attached hydrogens (tertiary/aromatic N) is 1. The maximum atomic E-state index is 11.2. The summed E-state index contributed by atoms with van der Waals surface area (Å²) in [6, 6.07) is -0.0848. The summed E-state index contributed by atoms with van der Waals surface area (Å²) in [5, 5.41) is 4.61. The molecule has 1 heterocycles. The van der Waals surface area contributed by atoms with Crippen LogP contribution in [0.5, 0.6) is 0 Å². The minimum absolute atomic E-state index is 0.0848. The van der Waals surface area contributed by atoms with Gasteiger partial charge in [0.15, 0.2) is 0 Å². The number of unbranched alkanes of at least 4 members (excludes halogenated alkanes) is 1. The molecule has 2 N–H and O–H groups in total. The molecule has 0 radical (unpaired) electrons. The molecule has 0 saturated heterocycles. The largest absolute Gasteiger partial charge is 0.346 e. The standard InChI is InChI=1S/C7H13N3OS/c1-2-3-4-8-7(11)10-9-5-6-12-10/h5-6,9H,2-4H2,1H3,(H,8,11). The number of nitrogens with one attached hydrogen (secondary N) is 2. The molecule has 0 aromatic heterocycles. The Morgan fingerprint density at radius 2 is 2.58 bits per heavy atom. The quantitative estimate of drug-likeness (QED) is 0.519. The molecule has 68 valence electrons. The summed E-state index contributed by atoms with van der Waals surface area (Å²) >= 11 is 1.34. The molecule has 0 saturated carbocycles. The molecule has 0 bridgehead atoms. The van der Waals surface area contributed by atoms with Gasteiger partial charge in [-0.2, -0.15) is 4.41 Å². The lowest BCUT2D eigenvalue weighted by molar-refractivity contribution is 0.220. The van der Waals surface area contributed by atoms with Gasteiger partial charge in [-0.05, 0) is 6.42 Å². The summed E-state index contributed by atoms with van der Waals surface area (Å²) in [5.41, 5.74) is 2.79. The molecule has 1 aliphatic rings. The average molecular weight is 187 g/mol. The van der Waals surface area contributed by atoms with Crippen LogP contribution in [-0.4, -0.2) is 17.0 Å². The van der Waals surface area contributed by atoms with Gasteiger partial charge in [0, 0.05) is 30.1 Å². The Morgan fingerprint density at radius 3 is 3.17 bits per heavy atom. The van der Waals surface area contributed by atoms with E-state index in [-0.39, 0.29) is 6.03 Å². The maximum absolute atomic E-state index is 11.2. The Labute approximate surface area is 76.5 Å². The zero-order chi connectivity index (χ0) is 8.81. The maximum Gasteiger partial charge on any atom is 0.346 e. The van der Waals surface area contributed by atoms with Crippen LogP contribution in [-0.2, 0) is 0 Å². The third kappa shape index (κ3) is 2.65. The molecular formula is C7H13N3OS. The second-order valence-corrected chi connectivity index (χ2v) is 3.27. The van der Waals surface area contributed by atoms with E-state index in [9.17, 15) is 4.79 Å². The number of urea groups is 1. The Morgan fingerprint density at radius 1 is 1.75 bits per heavy atom. The van der Waals surface area contributed by atoms with Crippen LogP contribution in [0.2, 0.25) is 0 Å². The number of hydrogen-bond acceptors (Lipinski definition) is 3. The van der Waals surface area contributed by atoms with Crippen molar-refractivity contribution in [3.63, 3.8) is 0 Å². The Hall–Kier alpha value is -0.840. The van der Waals surface area contributed by atoms with Crippen molar-refractivity contribution in [2.24, 2.45) is 0 Å². The van der Waals surface area contributed by atoms with Crippen molar-refractivity contribution in [1.29, 1.82) is 0 Å². The lowest BCUT2D eigenvalue weighted by Crippen LogP contribution is -2.39. The molecule has 0 atom stereocenters. The smallest absolute Gasteiger partial charge is 0.336 e. The SMILES string of the molecule is CCCCNC(=O)N1NC=CS1. The number of carbonyl (C=O) groups is 1. The number of rotatable bonds is 3. The summed E-state index contributed by atoms with van der Waals surface area (Å²) in [7, 11) is 0. The first-order valence-electron chi connectivity index (χ1n) is 4.00. The molecule has 0 spiro atoms. The highest BCUT2D eigenvalue weighted by atomic mass is 32.2. The van der Waals surface area contributed by atoms with Crippen molar-refractivity contribution < 1.29 is 4.79 Å². The van der Waals surface area contributed by atoms with Crippen molar-refractivity contribution >= 4 is 18.0 Å². The molecule has 0 fully saturated rings. The highest BCUT2D eigenvalue weighted by Crippen LogP contribution is 2.12. The van der Waals surface area contributed by atoms with Crippen LogP contribution in [0.4, 0.5) is 4.79 Å². The lowest BCUT2D eigenvalue weighted by atomic mass is 10.3. The van der Waals surface area contributed by atoms with Gasteiger partial charge in [-0.1, -0.05) is 13.3 Å². The van der Waals surface area contributed by atoms with Crippen LogP contribution in [0, 0.1) is 0 Å². The first kappa shape index (κ1) is 9.25. The second-order valence-electron chi connectivity index (χ2n) is 2.42. The zero-order valence-electron chi connectivity index (χ0n) is 7.04. The average Bonchev–Trinajstić information content (AvgIpc) is 2.56. The highest BCUT2D eigenvalue weighted by molar-refractivity contribution is 8.00. The monoisotopic (exact) mass is 187 g/mol. The molecule has 0 aromatic rings. The van der Waals surface area contributed by atoms with Gasteiger partial charge in [-0.3, -0.25) is 5.43 Å². The zero-order valence-corrected chi connectivity index (χ0v) is 7.86. The topological polar surface area (TPSA) is 44.4 Å². The number of amides is 2. The van der Waals surface area contributed by atoms with Crippen LogP contribution < -0.4 is 10.7 Å². The Bertz CT molecular complexity index is 175. The third-order valence-corrected chi connectivity index (χ3v) is 2.16. The molecule has 5 heteroatoms. The first-order chi connectivity index (χ1) is 5.84. The summed E-state index contributed by atoms with van der Waals surface area (Å²) in [6.45, 7) is 2.84. The van der Waals surface area contributed by atoms with E-state index >= 15 is 0 Å². The highest BCUT2D eigenvalue weighted by Gasteiger charge is 2.13. The summed E-state index contributed by atoms with van der Waals surface area (Å²) in [6.07, 6.45) is 3.85. The molecule has 1 rings (SSSR count). The second kappa shape index (κ2) is 4.92. The summed E-state index contributed by atoms with van der Waals surface area (Å²) in [5.74, 6) is 0. The van der Waals surface area contributed by atoms with Crippen LogP contribution in [0.3, 0.4) is 0 Å². The predicted molar refractivity (Wildman–Crippen MR) is 50.0 cm³/mol. The lowest BCUT2D eigenvalue weighted by Gasteiger charge is -2.14. The summed E-state index contributed by atoms with van der Waals surface area (Å²) in [4.78, 5) is 11.2. The van der Waals surface area contributed by atoms with Crippen molar-refractivity contribution in [3.8, 4) is 0 Å². The number of hydrazine groups is 1. The normalized spacial score (nSPS) is 14.6. The van der Waals surface area contributed by atoms with E-state index in [1.54, 1.807) is 6.20 Å². The molecule has 2 amide bonds. The fourth-order valence-corrected chi connectivity index (χ4v) is 1.30. The van der Waals surface area contributed by atoms with Gasteiger partial charge in [-0.25, -0.2) is 4.79 Å². The Balaban J connectivity index is 2.11. The predicted octanol–water partition coefficient (Wildman–Crippen LogP) is 1.44. The fraction of sp³-hybridized carbons (Fsp3) is 0.571. The summed E-state index contributed by atoms with van der Waals surface area (Å²) < 4.78 is 1.45. The van der Waals surface area contributed by atoms with E-state index in [0.29, 0.717) is 0 Å². The van der Waals surface area contributed by atoms with Gasteiger partial charge < -0.3 is 5.32 Å². The van der Waals surface area contributed by atoms with Gasteiger partial charge >= 0.3 is 6.03 Å². The van der Waals surface area contributed by atoms with E-state index in [1.165, 1.54) is 16.4 Å². The minimum atomic E-state index is -0.0848. The fourth-order valence-electron chi connectivity index (χ4n) is 0.770. The minimum Gasteiger partial charge on any atom is -0.336 e. The first-order valence-corrected chi connectivity index (χ1v) is 4.84. The third-order valence-electron chi connectivity index (χ3n) is 1.42. The molecule has 1 aliphatic heterocycles. The molecule has 0 aromatic carbocycles. The van der Waals surface area contributed by atoms with Gasteiger partial charge in [-0.15, -0.1) is 0 Å². The van der Waals surface area contributed by atoms with E-state index in [4.69, 9.17) is 0 Å². The van der Waals surface area contributed by atoms with Crippen LogP contribution >= 0.6 is 11.9 Å². The molecule has 0 aliphatic carbocycles. The van der Waals surface area contributed by atoms with E-state index in [1.807, 2.05) is 5.41 Å². The van der Waals surface area contributed by atoms with Crippen LogP contribution in [0.1, 0.15) is 19.8 Å².